The molecule has 0 aromatic heterocycles. The highest BCUT2D eigenvalue weighted by molar-refractivity contribution is 5.76. The van der Waals surface area contributed by atoms with E-state index in [-0.39, 0.29) is 23.9 Å². The summed E-state index contributed by atoms with van der Waals surface area (Å²) in [6.45, 7) is 9.65. The summed E-state index contributed by atoms with van der Waals surface area (Å²) < 4.78 is 0. The fourth-order valence-corrected chi connectivity index (χ4v) is 2.55. The number of carbonyl (C=O) groups excluding carboxylic acids is 2. The van der Waals surface area contributed by atoms with Crippen LogP contribution in [0.25, 0.3) is 0 Å². The summed E-state index contributed by atoms with van der Waals surface area (Å²) in [5, 5.41) is 9.31. The third-order valence-corrected chi connectivity index (χ3v) is 4.04. The van der Waals surface area contributed by atoms with Crippen molar-refractivity contribution in [2.45, 2.75) is 91.1 Å². The van der Waals surface area contributed by atoms with Gasteiger partial charge in [-0.15, -0.1) is 0 Å². The van der Waals surface area contributed by atoms with E-state index in [9.17, 15) is 9.59 Å². The largest absolute Gasteiger partial charge is 0.352 e. The van der Waals surface area contributed by atoms with Crippen molar-refractivity contribution in [2.75, 3.05) is 13.1 Å². The maximum atomic E-state index is 11.9. The summed E-state index contributed by atoms with van der Waals surface area (Å²) in [7, 11) is 0. The van der Waals surface area contributed by atoms with E-state index in [1.54, 1.807) is 0 Å². The van der Waals surface area contributed by atoms with Crippen LogP contribution in [0.2, 0.25) is 0 Å². The Kier molecular flexibility index (Phi) is 16.7. The molecule has 0 radical (unpaired) electrons. The zero-order valence-corrected chi connectivity index (χ0v) is 17.9. The monoisotopic (exact) mass is 379 g/mol. The van der Waals surface area contributed by atoms with Gasteiger partial charge in [-0.1, -0.05) is 51.0 Å². The number of hydrogen-bond acceptors (Lipinski definition) is 3. The first-order valence-corrected chi connectivity index (χ1v) is 10.6. The van der Waals surface area contributed by atoms with Gasteiger partial charge in [-0.2, -0.15) is 0 Å². The maximum absolute atomic E-state index is 11.9. The molecule has 27 heavy (non-hydrogen) atoms. The van der Waals surface area contributed by atoms with Gasteiger partial charge >= 0.3 is 0 Å². The van der Waals surface area contributed by atoms with Crippen LogP contribution >= 0.6 is 0 Å². The van der Waals surface area contributed by atoms with Crippen LogP contribution in [0, 0.1) is 0 Å². The molecule has 0 spiro atoms. The Morgan fingerprint density at radius 3 is 1.44 bits per heavy atom. The summed E-state index contributed by atoms with van der Waals surface area (Å²) in [4.78, 5) is 23.7. The van der Waals surface area contributed by atoms with Crippen molar-refractivity contribution >= 4 is 11.8 Å². The van der Waals surface area contributed by atoms with Gasteiger partial charge in [0.05, 0.1) is 0 Å². The number of nitrogens with one attached hydrogen (secondary N) is 3. The van der Waals surface area contributed by atoms with Gasteiger partial charge in [0.1, 0.15) is 0 Å². The molecule has 2 atom stereocenters. The molecular formula is C22H41N3O2. The normalized spacial score (nSPS) is 13.8. The van der Waals surface area contributed by atoms with Gasteiger partial charge in [0, 0.05) is 38.0 Å². The molecule has 0 aromatic carbocycles. The summed E-state index contributed by atoms with van der Waals surface area (Å²) >= 11 is 0. The third-order valence-electron chi connectivity index (χ3n) is 4.04. The van der Waals surface area contributed by atoms with Crippen LogP contribution in [0.1, 0.15) is 79.1 Å². The van der Waals surface area contributed by atoms with Crippen molar-refractivity contribution in [1.29, 1.82) is 0 Å². The number of allylic oxidation sites excluding steroid dienone is 4. The standard InChI is InChI=1S/C22H41N3O2/c1-5-7-9-11-13-15-21(26)24-19(3)17-23-18-20(4)25-22(27)16-14-12-10-8-6-2/h9-12,19-20,23H,5-8,13-18H2,1-4H3,(H,24,26)(H,25,27)/b11-9+,12-10+. The topological polar surface area (TPSA) is 70.2 Å². The Hall–Kier alpha value is -1.62. The highest BCUT2D eigenvalue weighted by Crippen LogP contribution is 1.97. The second kappa shape index (κ2) is 17.8. The van der Waals surface area contributed by atoms with E-state index in [1.807, 2.05) is 13.8 Å². The smallest absolute Gasteiger partial charge is 0.220 e. The van der Waals surface area contributed by atoms with E-state index in [1.165, 1.54) is 0 Å². The second-order valence-corrected chi connectivity index (χ2v) is 7.19. The van der Waals surface area contributed by atoms with E-state index in [0.29, 0.717) is 25.9 Å². The number of unbranched alkanes of at least 4 members (excludes halogenated alkanes) is 2. The molecule has 0 rings (SSSR count). The fourth-order valence-electron chi connectivity index (χ4n) is 2.55. The highest BCUT2D eigenvalue weighted by atomic mass is 16.2. The van der Waals surface area contributed by atoms with Gasteiger partial charge in [-0.25, -0.2) is 0 Å². The predicted octanol–water partition coefficient (Wildman–Crippen LogP) is 3.86. The molecule has 2 amide bonds. The predicted molar refractivity (Wildman–Crippen MR) is 115 cm³/mol. The molecule has 0 saturated carbocycles. The molecule has 0 bridgehead atoms. The lowest BCUT2D eigenvalue weighted by molar-refractivity contribution is -0.122. The third kappa shape index (κ3) is 17.5. The molecule has 5 heteroatoms. The lowest BCUT2D eigenvalue weighted by Gasteiger charge is -2.18. The van der Waals surface area contributed by atoms with E-state index in [2.05, 4.69) is 54.1 Å². The summed E-state index contributed by atoms with van der Waals surface area (Å²) in [5.74, 6) is 0.172. The molecule has 0 heterocycles. The SMILES string of the molecule is CCC/C=C/CCC(=O)NC(C)CNCC(C)NC(=O)CC/C=C/CCC. The maximum Gasteiger partial charge on any atom is 0.220 e. The quantitative estimate of drug-likeness (QED) is 0.357. The minimum absolute atomic E-state index is 0.0729. The molecule has 0 aliphatic heterocycles. The van der Waals surface area contributed by atoms with Crippen LogP contribution in [0.15, 0.2) is 24.3 Å². The summed E-state index contributed by atoms with van der Waals surface area (Å²) in [5.41, 5.74) is 0. The average Bonchev–Trinajstić information content (AvgIpc) is 2.61. The van der Waals surface area contributed by atoms with Crippen molar-refractivity contribution < 1.29 is 9.59 Å². The Labute approximate surface area is 166 Å². The Morgan fingerprint density at radius 2 is 1.07 bits per heavy atom. The Bertz CT molecular complexity index is 407. The minimum Gasteiger partial charge on any atom is -0.352 e. The number of carbonyl (C=O) groups is 2. The fraction of sp³-hybridized carbons (Fsp3) is 0.727. The zero-order valence-electron chi connectivity index (χ0n) is 17.9. The lowest BCUT2D eigenvalue weighted by atomic mass is 10.2. The molecule has 0 aromatic rings. The molecule has 0 saturated heterocycles. The van der Waals surface area contributed by atoms with Crippen LogP contribution in [0.4, 0.5) is 0 Å². The molecular weight excluding hydrogens is 338 g/mol. The molecule has 0 aliphatic rings. The minimum atomic E-state index is 0.0729. The zero-order chi connectivity index (χ0) is 20.3. The van der Waals surface area contributed by atoms with Crippen molar-refractivity contribution in [3.63, 3.8) is 0 Å². The van der Waals surface area contributed by atoms with Crippen molar-refractivity contribution in [3.05, 3.63) is 24.3 Å². The first-order valence-electron chi connectivity index (χ1n) is 10.6. The Morgan fingerprint density at radius 1 is 0.704 bits per heavy atom. The molecule has 5 nitrogen and oxygen atoms in total. The van der Waals surface area contributed by atoms with Gasteiger partial charge in [0.15, 0.2) is 0 Å². The molecule has 0 fully saturated rings. The van der Waals surface area contributed by atoms with Gasteiger partial charge in [-0.3, -0.25) is 9.59 Å². The van der Waals surface area contributed by atoms with Crippen LogP contribution in [0.3, 0.4) is 0 Å². The van der Waals surface area contributed by atoms with Crippen molar-refractivity contribution in [1.82, 2.24) is 16.0 Å². The van der Waals surface area contributed by atoms with Gasteiger partial charge in [-0.05, 0) is 39.5 Å². The molecule has 0 aliphatic carbocycles. The Balaban J connectivity index is 3.75. The van der Waals surface area contributed by atoms with E-state index < -0.39 is 0 Å². The van der Waals surface area contributed by atoms with Gasteiger partial charge in [0.25, 0.3) is 0 Å². The first-order chi connectivity index (χ1) is 13.0. The lowest BCUT2D eigenvalue weighted by Crippen LogP contribution is -2.45. The molecule has 2 unspecified atom stereocenters. The van der Waals surface area contributed by atoms with Crippen LogP contribution in [0.5, 0.6) is 0 Å². The van der Waals surface area contributed by atoms with Crippen LogP contribution < -0.4 is 16.0 Å². The summed E-state index contributed by atoms with van der Waals surface area (Å²) in [6.07, 6.45) is 15.5. The average molecular weight is 380 g/mol. The van der Waals surface area contributed by atoms with Gasteiger partial charge < -0.3 is 16.0 Å². The molecule has 3 N–H and O–H groups in total. The van der Waals surface area contributed by atoms with Crippen molar-refractivity contribution in [3.8, 4) is 0 Å². The van der Waals surface area contributed by atoms with Crippen molar-refractivity contribution in [2.24, 2.45) is 0 Å². The van der Waals surface area contributed by atoms with Gasteiger partial charge in [0.2, 0.25) is 11.8 Å². The molecule has 156 valence electrons. The van der Waals surface area contributed by atoms with E-state index in [0.717, 1.165) is 38.5 Å². The van der Waals surface area contributed by atoms with Crippen LogP contribution in [-0.4, -0.2) is 37.0 Å². The number of rotatable bonds is 16. The van der Waals surface area contributed by atoms with E-state index in [4.69, 9.17) is 0 Å². The first kappa shape index (κ1) is 25.4. The second-order valence-electron chi connectivity index (χ2n) is 7.19. The summed E-state index contributed by atoms with van der Waals surface area (Å²) in [6, 6.07) is 0.146. The van der Waals surface area contributed by atoms with E-state index >= 15 is 0 Å². The number of amides is 2. The highest BCUT2D eigenvalue weighted by Gasteiger charge is 2.09. The number of hydrogen-bond donors (Lipinski definition) is 3. The van der Waals surface area contributed by atoms with Crippen LogP contribution in [-0.2, 0) is 9.59 Å².